The van der Waals surface area contributed by atoms with E-state index in [-0.39, 0.29) is 63.6 Å². The van der Waals surface area contributed by atoms with E-state index in [0.29, 0.717) is 31.7 Å². The third-order valence-electron chi connectivity index (χ3n) is 12.2. The summed E-state index contributed by atoms with van der Waals surface area (Å²) in [6.45, 7) is 7.24. The van der Waals surface area contributed by atoms with Crippen LogP contribution in [0.25, 0.3) is 0 Å². The maximum Gasteiger partial charge on any atom is 0.345 e. The first-order valence-electron chi connectivity index (χ1n) is 22.3. The lowest BCUT2D eigenvalue weighted by Gasteiger charge is -2.44. The van der Waals surface area contributed by atoms with E-state index < -0.39 is 100 Å². The van der Waals surface area contributed by atoms with Gasteiger partial charge in [-0.1, -0.05) is 0 Å². The number of H-pyrrole nitrogens is 3. The summed E-state index contributed by atoms with van der Waals surface area (Å²) in [4.78, 5) is 82.7. The monoisotopic (exact) mass is 1030 g/mol. The summed E-state index contributed by atoms with van der Waals surface area (Å²) in [7, 11) is -7.07. The van der Waals surface area contributed by atoms with Gasteiger partial charge in [0.15, 0.2) is 18.7 Å². The molecule has 6 N–H and O–H groups in total. The van der Waals surface area contributed by atoms with E-state index in [1.54, 1.807) is 11.6 Å². The Labute approximate surface area is 395 Å². The Kier molecular flexibility index (Phi) is 16.8. The molecule has 4 saturated heterocycles. The number of aromatic amines is 3. The van der Waals surface area contributed by atoms with Gasteiger partial charge in [-0.25, -0.2) is 38.2 Å². The van der Waals surface area contributed by atoms with Gasteiger partial charge in [0.1, 0.15) is 0 Å². The molecule has 0 aromatic carbocycles. The third-order valence-corrected chi connectivity index (χ3v) is 18.9. The minimum atomic E-state index is -4.15. The van der Waals surface area contributed by atoms with Gasteiger partial charge >= 0.3 is 32.4 Å². The van der Waals surface area contributed by atoms with Gasteiger partial charge in [0, 0.05) is 94.3 Å². The van der Waals surface area contributed by atoms with Crippen LogP contribution < -0.4 is 49.5 Å². The van der Waals surface area contributed by atoms with Crippen LogP contribution in [-0.4, -0.2) is 179 Å². The summed E-state index contributed by atoms with van der Waals surface area (Å²) in [5.41, 5.74) is -3.30. The summed E-state index contributed by atoms with van der Waals surface area (Å²) in [6.07, 6.45) is -1.87. The predicted octanol–water partition coefficient (Wildman–Crippen LogP) is -1.78. The normalized spacial score (nSPS) is 27.1. The van der Waals surface area contributed by atoms with E-state index >= 15 is 4.57 Å². The highest BCUT2D eigenvalue weighted by Gasteiger charge is 2.46. The topological polar surface area (TPSA) is 320 Å². The van der Waals surface area contributed by atoms with Crippen LogP contribution in [0.4, 0.5) is 0 Å². The standard InChI is InChI=1S/C38H62N13O15P3/c1-24-14-49(36(55)42-33(24)52)30-13-41-12-27(64-30)21-62-68(59,39-4)47-17-28(65-31(19-47)50-15-25(2)34(53)43-37(50)56)23-63-69(60,45(5)6)48-18-29(22-61-67(7,58)46-10-8-40-9-11-46)66-32(20-48)51-16-26(3)35(54)44-38(51)57/h14-16,27-32,40-41H,8-13,17-23H2,1-7H3,(H,39,59)(H,42,52,55)(H,43,53,56)(H,44,54,57). The predicted molar refractivity (Wildman–Crippen MR) is 250 cm³/mol. The van der Waals surface area contributed by atoms with Crippen LogP contribution in [-0.2, 0) is 41.5 Å². The highest BCUT2D eigenvalue weighted by atomic mass is 31.2. The molecule has 7 rings (SSSR count). The first kappa shape index (κ1) is 53.0. The molecule has 0 aliphatic carbocycles. The number of aromatic nitrogens is 6. The fourth-order valence-electron chi connectivity index (χ4n) is 8.28. The Morgan fingerprint density at radius 1 is 0.609 bits per heavy atom. The molecule has 69 heavy (non-hydrogen) atoms. The molecule has 0 bridgehead atoms. The van der Waals surface area contributed by atoms with Gasteiger partial charge in [0.25, 0.3) is 24.2 Å². The quantitative estimate of drug-likeness (QED) is 0.0815. The number of piperazine rings is 1. The molecule has 3 aromatic rings. The molecule has 7 heterocycles. The summed E-state index contributed by atoms with van der Waals surface area (Å²) in [5.74, 6) is 0. The fraction of sp³-hybridized carbons (Fsp3) is 0.684. The van der Waals surface area contributed by atoms with E-state index in [0.717, 1.165) is 4.57 Å². The molecule has 31 heteroatoms. The number of ether oxygens (including phenoxy) is 3. The lowest BCUT2D eigenvalue weighted by molar-refractivity contribution is -0.128. The smallest absolute Gasteiger partial charge is 0.345 e. The number of hydrogen-bond acceptors (Lipinski definition) is 17. The van der Waals surface area contributed by atoms with Crippen molar-refractivity contribution in [2.24, 2.45) is 0 Å². The van der Waals surface area contributed by atoms with Crippen molar-refractivity contribution < 1.29 is 41.5 Å². The molecular weight excluding hydrogens is 971 g/mol. The van der Waals surface area contributed by atoms with Crippen molar-refractivity contribution in [1.29, 1.82) is 0 Å². The molecular formula is C38H62N13O15P3. The van der Waals surface area contributed by atoms with Crippen molar-refractivity contribution in [2.75, 3.05) is 113 Å². The molecule has 28 nitrogen and oxygen atoms in total. The summed E-state index contributed by atoms with van der Waals surface area (Å²) >= 11 is 0. The fourth-order valence-corrected chi connectivity index (χ4v) is 13.5. The van der Waals surface area contributed by atoms with E-state index in [9.17, 15) is 37.9 Å². The van der Waals surface area contributed by atoms with Gasteiger partial charge < -0.3 is 38.4 Å². The van der Waals surface area contributed by atoms with Crippen molar-refractivity contribution >= 4 is 22.9 Å². The molecule has 0 amide bonds. The zero-order valence-corrected chi connectivity index (χ0v) is 42.2. The largest absolute Gasteiger partial charge is 0.350 e. The van der Waals surface area contributed by atoms with Gasteiger partial charge in [0.05, 0.1) is 51.2 Å². The zero-order chi connectivity index (χ0) is 50.0. The first-order chi connectivity index (χ1) is 32.6. The lowest BCUT2D eigenvalue weighted by Crippen LogP contribution is -2.51. The summed E-state index contributed by atoms with van der Waals surface area (Å²) in [5, 5.41) is 9.16. The molecule has 9 atom stereocenters. The Balaban J connectivity index is 1.13. The summed E-state index contributed by atoms with van der Waals surface area (Å²) < 4.78 is 91.0. The van der Waals surface area contributed by atoms with E-state index in [2.05, 4.69) is 30.7 Å². The van der Waals surface area contributed by atoms with Crippen LogP contribution in [0, 0.1) is 20.8 Å². The van der Waals surface area contributed by atoms with Gasteiger partial charge in [-0.15, -0.1) is 0 Å². The molecule has 384 valence electrons. The van der Waals surface area contributed by atoms with Crippen LogP contribution in [0.15, 0.2) is 47.4 Å². The Hall–Kier alpha value is -3.79. The van der Waals surface area contributed by atoms with E-state index in [4.69, 9.17) is 27.8 Å². The summed E-state index contributed by atoms with van der Waals surface area (Å²) in [6, 6.07) is 0. The molecule has 4 aliphatic heterocycles. The number of morpholine rings is 3. The average molecular weight is 1030 g/mol. The second-order valence-electron chi connectivity index (χ2n) is 17.5. The highest BCUT2D eigenvalue weighted by molar-refractivity contribution is 7.55. The van der Waals surface area contributed by atoms with Crippen molar-refractivity contribution in [2.45, 2.75) is 57.8 Å². The maximum atomic E-state index is 15.4. The van der Waals surface area contributed by atoms with Crippen molar-refractivity contribution in [3.63, 3.8) is 0 Å². The molecule has 3 aromatic heterocycles. The Morgan fingerprint density at radius 2 is 1.06 bits per heavy atom. The van der Waals surface area contributed by atoms with Crippen molar-refractivity contribution in [1.82, 2.24) is 63.1 Å². The molecule has 4 aliphatic rings. The lowest BCUT2D eigenvalue weighted by atomic mass is 10.3. The van der Waals surface area contributed by atoms with Crippen molar-refractivity contribution in [3.05, 3.63) is 97.8 Å². The minimum absolute atomic E-state index is 0.0882. The van der Waals surface area contributed by atoms with Gasteiger partial charge in [-0.2, -0.15) is 0 Å². The molecule has 0 saturated carbocycles. The second kappa shape index (κ2) is 21.9. The van der Waals surface area contributed by atoms with Gasteiger partial charge in [0.2, 0.25) is 0 Å². The first-order valence-corrected chi connectivity index (χ1v) is 27.4. The van der Waals surface area contributed by atoms with Crippen LogP contribution in [0.3, 0.4) is 0 Å². The second-order valence-corrected chi connectivity index (χ2v) is 24.8. The van der Waals surface area contributed by atoms with Crippen LogP contribution in [0.2, 0.25) is 0 Å². The minimum Gasteiger partial charge on any atom is -0.350 e. The zero-order valence-electron chi connectivity index (χ0n) is 39.5. The van der Waals surface area contributed by atoms with Crippen LogP contribution >= 0.6 is 22.9 Å². The van der Waals surface area contributed by atoms with Gasteiger partial charge in [-0.05, 0) is 41.9 Å². The SMILES string of the molecule is CNP(=O)(OCC1CNCC(n2cc(C)c(=O)[nH]c2=O)O1)N1CC(COP(=O)(N(C)C)N2CC(COP(C)(=O)N3CCNCC3)OC(n3cc(C)c(=O)[nH]c3=O)C2)OC(n2cc(C)c(=O)[nH]c2=O)C1. The Morgan fingerprint density at radius 3 is 1.57 bits per heavy atom. The van der Waals surface area contributed by atoms with Gasteiger partial charge in [-0.3, -0.25) is 56.7 Å². The molecule has 4 fully saturated rings. The number of hydrogen-bond donors (Lipinski definition) is 6. The maximum absolute atomic E-state index is 15.4. The molecule has 9 unspecified atom stereocenters. The average Bonchev–Trinajstić information content (AvgIpc) is 3.32. The Bertz CT molecular complexity index is 2840. The van der Waals surface area contributed by atoms with E-state index in [1.807, 2.05) is 0 Å². The van der Waals surface area contributed by atoms with E-state index in [1.165, 1.54) is 83.4 Å². The number of nitrogens with one attached hydrogen (secondary N) is 6. The number of rotatable bonds is 17. The molecule has 0 spiro atoms. The third kappa shape index (κ3) is 12.1. The number of nitrogens with zero attached hydrogens (tertiary/aromatic N) is 7. The van der Waals surface area contributed by atoms with Crippen LogP contribution in [0.1, 0.15) is 35.4 Å². The molecule has 0 radical (unpaired) electrons. The number of aryl methyl sites for hydroxylation is 3. The highest BCUT2D eigenvalue weighted by Crippen LogP contribution is 2.56. The van der Waals surface area contributed by atoms with Crippen molar-refractivity contribution in [3.8, 4) is 0 Å². The van der Waals surface area contributed by atoms with Crippen LogP contribution in [0.5, 0.6) is 0 Å².